The van der Waals surface area contributed by atoms with Crippen LogP contribution in [0.1, 0.15) is 49.7 Å². The first-order valence-electron chi connectivity index (χ1n) is 11.7. The van der Waals surface area contributed by atoms with Crippen molar-refractivity contribution in [1.82, 2.24) is 19.8 Å². The highest BCUT2D eigenvalue weighted by Crippen LogP contribution is 2.26. The molecule has 0 N–H and O–H groups in total. The minimum absolute atomic E-state index is 0.185. The molecule has 0 unspecified atom stereocenters. The second kappa shape index (κ2) is 11.2. The summed E-state index contributed by atoms with van der Waals surface area (Å²) in [6.45, 7) is 4.95. The molecule has 1 amide bonds. The lowest BCUT2D eigenvalue weighted by Gasteiger charge is -2.34. The number of carbonyl (C=O) groups is 1. The van der Waals surface area contributed by atoms with Crippen LogP contribution >= 0.6 is 0 Å². The quantitative estimate of drug-likeness (QED) is 0.649. The molecule has 1 saturated carbocycles. The van der Waals surface area contributed by atoms with Crippen molar-refractivity contribution in [3.05, 3.63) is 54.0 Å². The van der Waals surface area contributed by atoms with Crippen LogP contribution in [0.4, 0.5) is 0 Å². The molecule has 166 valence electrons. The second-order valence-electron chi connectivity index (χ2n) is 8.84. The molecule has 1 saturated heterocycles. The zero-order chi connectivity index (χ0) is 21.3. The monoisotopic (exact) mass is 422 g/mol. The fourth-order valence-corrected chi connectivity index (χ4v) is 4.64. The van der Waals surface area contributed by atoms with Crippen molar-refractivity contribution >= 4 is 5.91 Å². The Morgan fingerprint density at radius 1 is 1.03 bits per heavy atom. The van der Waals surface area contributed by atoms with Gasteiger partial charge in [0, 0.05) is 57.4 Å². The van der Waals surface area contributed by atoms with Crippen molar-refractivity contribution < 1.29 is 9.53 Å². The van der Waals surface area contributed by atoms with E-state index < -0.39 is 0 Å². The largest absolute Gasteiger partial charge is 0.478 e. The summed E-state index contributed by atoms with van der Waals surface area (Å²) in [5, 5.41) is 0. The van der Waals surface area contributed by atoms with E-state index in [1.54, 1.807) is 12.4 Å². The van der Waals surface area contributed by atoms with Gasteiger partial charge in [-0.1, -0.05) is 38.2 Å². The van der Waals surface area contributed by atoms with Crippen molar-refractivity contribution in [2.75, 3.05) is 32.8 Å². The van der Waals surface area contributed by atoms with Crippen LogP contribution in [0.15, 0.2) is 42.9 Å². The maximum Gasteiger partial charge on any atom is 0.227 e. The molecule has 0 atom stereocenters. The van der Waals surface area contributed by atoms with Gasteiger partial charge in [-0.15, -0.1) is 0 Å². The Morgan fingerprint density at radius 3 is 2.65 bits per heavy atom. The summed E-state index contributed by atoms with van der Waals surface area (Å²) in [5.74, 6) is 1.75. The number of nitrogens with zero attached hydrogens (tertiary/aromatic N) is 4. The molecule has 2 fully saturated rings. The molecule has 2 aromatic heterocycles. The van der Waals surface area contributed by atoms with Crippen LogP contribution in [-0.4, -0.2) is 58.5 Å². The minimum Gasteiger partial charge on any atom is -0.478 e. The molecule has 2 aliphatic rings. The van der Waals surface area contributed by atoms with E-state index in [1.165, 1.54) is 37.7 Å². The summed E-state index contributed by atoms with van der Waals surface area (Å²) in [5.41, 5.74) is 2.19. The van der Waals surface area contributed by atoms with Crippen LogP contribution < -0.4 is 4.74 Å². The number of ether oxygens (including phenoxy) is 1. The van der Waals surface area contributed by atoms with Crippen LogP contribution in [0.5, 0.6) is 5.88 Å². The van der Waals surface area contributed by atoms with E-state index in [0.717, 1.165) is 63.1 Å². The number of amides is 1. The topological polar surface area (TPSA) is 58.6 Å². The number of carbonyl (C=O) groups excluding carboxylic acids is 1. The van der Waals surface area contributed by atoms with Crippen molar-refractivity contribution in [1.29, 1.82) is 0 Å². The van der Waals surface area contributed by atoms with Gasteiger partial charge in [0.15, 0.2) is 0 Å². The number of hydrogen-bond donors (Lipinski definition) is 0. The molecule has 0 radical (unpaired) electrons. The smallest absolute Gasteiger partial charge is 0.227 e. The Labute approximate surface area is 185 Å². The van der Waals surface area contributed by atoms with Gasteiger partial charge in [-0.05, 0) is 35.6 Å². The number of hydrogen-bond acceptors (Lipinski definition) is 5. The van der Waals surface area contributed by atoms with E-state index in [9.17, 15) is 4.79 Å². The lowest BCUT2D eigenvalue weighted by atomic mass is 9.87. The van der Waals surface area contributed by atoms with E-state index in [-0.39, 0.29) is 5.91 Å². The SMILES string of the molecule is O=C(Cc1cccnc1)N1CCN(Cc2ccnc(OCCC3CCCCC3)c2)CC1. The van der Waals surface area contributed by atoms with Crippen LogP contribution in [-0.2, 0) is 17.8 Å². The molecule has 0 bridgehead atoms. The minimum atomic E-state index is 0.185. The third-order valence-electron chi connectivity index (χ3n) is 6.51. The van der Waals surface area contributed by atoms with Crippen molar-refractivity contribution in [2.24, 2.45) is 5.92 Å². The van der Waals surface area contributed by atoms with E-state index in [1.807, 2.05) is 23.2 Å². The predicted octanol–water partition coefficient (Wildman–Crippen LogP) is 3.71. The van der Waals surface area contributed by atoms with Gasteiger partial charge in [0.1, 0.15) is 0 Å². The number of piperazine rings is 1. The van der Waals surface area contributed by atoms with Gasteiger partial charge in [-0.3, -0.25) is 14.7 Å². The molecule has 6 heteroatoms. The zero-order valence-electron chi connectivity index (χ0n) is 18.4. The molecular formula is C25H34N4O2. The number of pyridine rings is 2. The average molecular weight is 423 g/mol. The third-order valence-corrected chi connectivity index (χ3v) is 6.51. The van der Waals surface area contributed by atoms with Gasteiger partial charge in [0.2, 0.25) is 11.8 Å². The fraction of sp³-hybridized carbons (Fsp3) is 0.560. The Morgan fingerprint density at radius 2 is 1.87 bits per heavy atom. The van der Waals surface area contributed by atoms with Gasteiger partial charge >= 0.3 is 0 Å². The van der Waals surface area contributed by atoms with E-state index in [2.05, 4.69) is 27.0 Å². The summed E-state index contributed by atoms with van der Waals surface area (Å²) < 4.78 is 5.96. The molecule has 31 heavy (non-hydrogen) atoms. The van der Waals surface area contributed by atoms with Gasteiger partial charge in [0.05, 0.1) is 13.0 Å². The van der Waals surface area contributed by atoms with Gasteiger partial charge in [-0.25, -0.2) is 4.98 Å². The molecule has 2 aromatic rings. The van der Waals surface area contributed by atoms with Crippen molar-refractivity contribution in [3.8, 4) is 5.88 Å². The molecule has 3 heterocycles. The van der Waals surface area contributed by atoms with E-state index in [4.69, 9.17) is 4.74 Å². The van der Waals surface area contributed by atoms with Crippen LogP contribution in [0.25, 0.3) is 0 Å². The summed E-state index contributed by atoms with van der Waals surface area (Å²) in [7, 11) is 0. The highest BCUT2D eigenvalue weighted by atomic mass is 16.5. The van der Waals surface area contributed by atoms with Crippen LogP contribution in [0, 0.1) is 5.92 Å². The average Bonchev–Trinajstić information content (AvgIpc) is 2.81. The zero-order valence-corrected chi connectivity index (χ0v) is 18.4. The lowest BCUT2D eigenvalue weighted by molar-refractivity contribution is -0.132. The molecule has 0 spiro atoms. The predicted molar refractivity (Wildman–Crippen MR) is 121 cm³/mol. The maximum absolute atomic E-state index is 12.5. The van der Waals surface area contributed by atoms with E-state index >= 15 is 0 Å². The summed E-state index contributed by atoms with van der Waals surface area (Å²) >= 11 is 0. The maximum atomic E-state index is 12.5. The van der Waals surface area contributed by atoms with Gasteiger partial charge < -0.3 is 9.64 Å². The second-order valence-corrected chi connectivity index (χ2v) is 8.84. The van der Waals surface area contributed by atoms with Crippen LogP contribution in [0.2, 0.25) is 0 Å². The number of aromatic nitrogens is 2. The molecule has 6 nitrogen and oxygen atoms in total. The first kappa shape index (κ1) is 21.8. The van der Waals surface area contributed by atoms with Crippen molar-refractivity contribution in [3.63, 3.8) is 0 Å². The van der Waals surface area contributed by atoms with Gasteiger partial charge in [-0.2, -0.15) is 0 Å². The Balaban J connectivity index is 1.19. The summed E-state index contributed by atoms with van der Waals surface area (Å²) in [6.07, 6.45) is 13.8. The Kier molecular flexibility index (Phi) is 7.88. The van der Waals surface area contributed by atoms with E-state index in [0.29, 0.717) is 6.42 Å². The Hall–Kier alpha value is -2.47. The first-order chi connectivity index (χ1) is 15.3. The highest BCUT2D eigenvalue weighted by Gasteiger charge is 2.21. The normalized spacial score (nSPS) is 18.1. The standard InChI is InChI=1S/C25H34N4O2/c30-25(18-22-7-4-10-26-19-22)29-14-12-28(13-15-29)20-23-8-11-27-24(17-23)31-16-9-21-5-2-1-3-6-21/h4,7-8,10-11,17,19,21H,1-3,5-6,9,12-16,18,20H2. The van der Waals surface area contributed by atoms with Gasteiger partial charge in [0.25, 0.3) is 0 Å². The van der Waals surface area contributed by atoms with Crippen LogP contribution in [0.3, 0.4) is 0 Å². The summed E-state index contributed by atoms with van der Waals surface area (Å²) in [6, 6.07) is 7.97. The molecule has 1 aliphatic heterocycles. The lowest BCUT2D eigenvalue weighted by Crippen LogP contribution is -2.48. The molecular weight excluding hydrogens is 388 g/mol. The third kappa shape index (κ3) is 6.76. The fourth-order valence-electron chi connectivity index (χ4n) is 4.64. The molecule has 4 rings (SSSR count). The summed E-state index contributed by atoms with van der Waals surface area (Å²) in [4.78, 5) is 25.4. The highest BCUT2D eigenvalue weighted by molar-refractivity contribution is 5.78. The Bertz CT molecular complexity index is 815. The molecule has 1 aliphatic carbocycles. The first-order valence-corrected chi connectivity index (χ1v) is 11.7. The molecule has 0 aromatic carbocycles. The number of rotatable bonds is 8. The van der Waals surface area contributed by atoms with Crippen molar-refractivity contribution in [2.45, 2.75) is 51.5 Å².